The molecule has 2 aliphatic rings. The Morgan fingerprint density at radius 3 is 2.46 bits per heavy atom. The highest BCUT2D eigenvalue weighted by molar-refractivity contribution is 5.93. The first-order chi connectivity index (χ1) is 23.1. The molecular weight excluding hydrogens is 614 g/mol. The number of benzene rings is 2. The lowest BCUT2D eigenvalue weighted by molar-refractivity contribution is 0.0270. The molecule has 2 aromatic heterocycles. The van der Waals surface area contributed by atoms with Gasteiger partial charge in [0.25, 0.3) is 0 Å². The fourth-order valence-corrected chi connectivity index (χ4v) is 6.17. The van der Waals surface area contributed by atoms with Gasteiger partial charge in [-0.15, -0.1) is 0 Å². The number of carbonyl (C=O) groups excluding carboxylic acids is 1. The molecule has 0 bridgehead atoms. The van der Waals surface area contributed by atoms with Crippen LogP contribution < -0.4 is 24.4 Å². The molecule has 0 aliphatic carbocycles. The Balaban J connectivity index is 1.32. The molecule has 1 unspecified atom stereocenters. The molecule has 0 spiro atoms. The summed E-state index contributed by atoms with van der Waals surface area (Å²) in [7, 11) is 4.72. The molecule has 1 fully saturated rings. The maximum absolute atomic E-state index is 12.6. The van der Waals surface area contributed by atoms with Crippen LogP contribution in [0.2, 0.25) is 0 Å². The molecule has 254 valence electrons. The Kier molecular flexibility index (Phi) is 9.31. The molecular formula is C35H43N7O6. The summed E-state index contributed by atoms with van der Waals surface area (Å²) in [5.41, 5.74) is 3.17. The van der Waals surface area contributed by atoms with Gasteiger partial charge in [0, 0.05) is 37.2 Å². The number of hydrogen-bond acceptors (Lipinski definition) is 11. The number of ether oxygens (including phenoxy) is 4. The Morgan fingerprint density at radius 2 is 1.81 bits per heavy atom. The molecule has 4 heterocycles. The summed E-state index contributed by atoms with van der Waals surface area (Å²) in [5.74, 6) is 3.27. The van der Waals surface area contributed by atoms with Gasteiger partial charge in [-0.25, -0.2) is 14.8 Å². The van der Waals surface area contributed by atoms with Crippen molar-refractivity contribution in [2.45, 2.75) is 51.7 Å². The largest absolute Gasteiger partial charge is 0.493 e. The van der Waals surface area contributed by atoms with Gasteiger partial charge in [-0.2, -0.15) is 4.98 Å². The summed E-state index contributed by atoms with van der Waals surface area (Å²) in [6.07, 6.45) is 7.85. The molecule has 2 aliphatic heterocycles. The van der Waals surface area contributed by atoms with Crippen LogP contribution in [0, 0.1) is 0 Å². The van der Waals surface area contributed by atoms with Crippen LogP contribution in [0.5, 0.6) is 17.2 Å². The van der Waals surface area contributed by atoms with Crippen LogP contribution in [-0.4, -0.2) is 94.8 Å². The predicted octanol–water partition coefficient (Wildman–Crippen LogP) is 5.57. The number of nitrogens with one attached hydrogen (secondary N) is 1. The van der Waals surface area contributed by atoms with E-state index in [2.05, 4.69) is 39.5 Å². The quantitative estimate of drug-likeness (QED) is 0.234. The smallest absolute Gasteiger partial charge is 0.410 e. The van der Waals surface area contributed by atoms with Crippen LogP contribution in [0.1, 0.15) is 45.6 Å². The Bertz CT molecular complexity index is 1810. The highest BCUT2D eigenvalue weighted by Gasteiger charge is 2.28. The van der Waals surface area contributed by atoms with Gasteiger partial charge < -0.3 is 43.7 Å². The van der Waals surface area contributed by atoms with Gasteiger partial charge in [0.1, 0.15) is 17.7 Å². The molecule has 48 heavy (non-hydrogen) atoms. The fourth-order valence-electron chi connectivity index (χ4n) is 6.17. The van der Waals surface area contributed by atoms with Crippen molar-refractivity contribution in [3.8, 4) is 22.9 Å². The van der Waals surface area contributed by atoms with E-state index in [1.165, 1.54) is 0 Å². The van der Waals surface area contributed by atoms with E-state index in [0.717, 1.165) is 52.9 Å². The summed E-state index contributed by atoms with van der Waals surface area (Å²) in [4.78, 5) is 30.9. The first kappa shape index (κ1) is 32.9. The summed E-state index contributed by atoms with van der Waals surface area (Å²) in [6, 6.07) is 9.87. The Hall–Kier alpha value is -5.04. The first-order valence-electron chi connectivity index (χ1n) is 16.1. The molecule has 2 aromatic carbocycles. The van der Waals surface area contributed by atoms with E-state index in [0.29, 0.717) is 48.5 Å². The van der Waals surface area contributed by atoms with Crippen LogP contribution in [0.25, 0.3) is 22.2 Å². The van der Waals surface area contributed by atoms with Crippen LogP contribution in [0.15, 0.2) is 48.9 Å². The van der Waals surface area contributed by atoms with Crippen molar-refractivity contribution in [1.82, 2.24) is 24.4 Å². The van der Waals surface area contributed by atoms with E-state index in [1.807, 2.05) is 43.7 Å². The van der Waals surface area contributed by atoms with Gasteiger partial charge in [0.05, 0.1) is 51.4 Å². The van der Waals surface area contributed by atoms with Crippen molar-refractivity contribution in [2.24, 2.45) is 0 Å². The number of imidazole rings is 1. The third kappa shape index (κ3) is 6.82. The van der Waals surface area contributed by atoms with Gasteiger partial charge >= 0.3 is 6.09 Å². The lowest BCUT2D eigenvalue weighted by atomic mass is 9.98. The summed E-state index contributed by atoms with van der Waals surface area (Å²) < 4.78 is 23.9. The zero-order chi connectivity index (χ0) is 34.0. The van der Waals surface area contributed by atoms with Gasteiger partial charge in [-0.1, -0.05) is 12.1 Å². The number of aliphatic hydroxyl groups excluding tert-OH is 1. The summed E-state index contributed by atoms with van der Waals surface area (Å²) in [6.45, 7) is 7.50. The average molecular weight is 658 g/mol. The highest BCUT2D eigenvalue weighted by atomic mass is 16.6. The minimum absolute atomic E-state index is 0.0187. The Morgan fingerprint density at radius 1 is 1.04 bits per heavy atom. The molecule has 1 saturated heterocycles. The number of anilines is 3. The maximum atomic E-state index is 12.6. The highest BCUT2D eigenvalue weighted by Crippen LogP contribution is 2.40. The van der Waals surface area contributed by atoms with E-state index < -0.39 is 5.60 Å². The van der Waals surface area contributed by atoms with Gasteiger partial charge in [-0.3, -0.25) is 0 Å². The monoisotopic (exact) mass is 657 g/mol. The van der Waals surface area contributed by atoms with E-state index in [1.54, 1.807) is 32.6 Å². The number of nitrogens with zero attached hydrogens (tertiary/aromatic N) is 6. The minimum Gasteiger partial charge on any atom is -0.493 e. The second-order valence-corrected chi connectivity index (χ2v) is 12.9. The number of aliphatic hydroxyl groups is 1. The van der Waals surface area contributed by atoms with Crippen molar-refractivity contribution >= 4 is 40.2 Å². The summed E-state index contributed by atoms with van der Waals surface area (Å²) >= 11 is 0. The van der Waals surface area contributed by atoms with Crippen molar-refractivity contribution < 1.29 is 28.8 Å². The molecule has 1 atom stereocenters. The lowest BCUT2D eigenvalue weighted by Crippen LogP contribution is -2.39. The number of methoxy groups -OCH3 is 3. The second-order valence-electron chi connectivity index (χ2n) is 12.9. The fraction of sp³-hybridized carbons (Fsp3) is 0.429. The van der Waals surface area contributed by atoms with E-state index in [-0.39, 0.29) is 18.7 Å². The molecule has 6 rings (SSSR count). The van der Waals surface area contributed by atoms with Crippen LogP contribution in [-0.2, 0) is 4.74 Å². The molecule has 4 aromatic rings. The zero-order valence-electron chi connectivity index (χ0n) is 28.3. The van der Waals surface area contributed by atoms with Crippen LogP contribution >= 0.6 is 0 Å². The molecule has 13 heteroatoms. The second kappa shape index (κ2) is 13.6. The van der Waals surface area contributed by atoms with Crippen LogP contribution in [0.3, 0.4) is 0 Å². The molecule has 2 N–H and O–H groups in total. The number of fused-ring (bicyclic) bond motifs is 1. The van der Waals surface area contributed by atoms with Crippen molar-refractivity contribution in [1.29, 1.82) is 0 Å². The van der Waals surface area contributed by atoms with Gasteiger partial charge in [0.15, 0.2) is 17.3 Å². The van der Waals surface area contributed by atoms with Gasteiger partial charge in [0.2, 0.25) is 11.7 Å². The molecule has 13 nitrogen and oxygen atoms in total. The third-order valence-corrected chi connectivity index (χ3v) is 8.54. The minimum atomic E-state index is -0.540. The van der Waals surface area contributed by atoms with Gasteiger partial charge in [-0.05, 0) is 63.3 Å². The van der Waals surface area contributed by atoms with E-state index in [9.17, 15) is 9.90 Å². The Labute approximate surface area is 280 Å². The number of aromatic nitrogens is 4. The summed E-state index contributed by atoms with van der Waals surface area (Å²) in [5, 5.41) is 14.3. The number of carbonyl (C=O) groups is 1. The average Bonchev–Trinajstić information content (AvgIpc) is 3.76. The van der Waals surface area contributed by atoms with Crippen LogP contribution in [0.4, 0.5) is 22.4 Å². The number of amides is 1. The van der Waals surface area contributed by atoms with Crippen molar-refractivity contribution in [2.75, 3.05) is 57.8 Å². The molecule has 0 radical (unpaired) electrons. The number of hydrogen-bond donors (Lipinski definition) is 2. The lowest BCUT2D eigenvalue weighted by Gasteiger charge is -2.29. The normalized spacial score (nSPS) is 16.6. The van der Waals surface area contributed by atoms with Crippen molar-refractivity contribution in [3.63, 3.8) is 0 Å². The standard InChI is InChI=1S/C35H43N7O6/c1-35(2,3)48-34(44)40-14-11-22(12-15-40)23-9-10-26-27(16-23)37-33(39-32(26)42-13-7-8-24(42)20-43)38-30-19-41(21-36-30)25-17-28(45-4)31(47-6)29(18-25)46-5/h9-11,16-19,21,24,43H,7-8,12-15,20H2,1-6H3,(H,37,38,39). The number of rotatable bonds is 9. The predicted molar refractivity (Wildman–Crippen MR) is 184 cm³/mol. The van der Waals surface area contributed by atoms with E-state index >= 15 is 0 Å². The SMILES string of the molecule is COc1cc(-n2cnc(Nc3nc(N4CCCC4CO)c4ccc(C5=CCN(C(=O)OC(C)(C)C)CC5)cc4n3)c2)cc(OC)c1OC. The molecule has 0 saturated carbocycles. The third-order valence-electron chi connectivity index (χ3n) is 8.54. The first-order valence-corrected chi connectivity index (χ1v) is 16.1. The van der Waals surface area contributed by atoms with Crippen molar-refractivity contribution in [3.05, 3.63) is 54.5 Å². The van der Waals surface area contributed by atoms with E-state index in [4.69, 9.17) is 28.9 Å². The maximum Gasteiger partial charge on any atom is 0.410 e. The zero-order valence-corrected chi connectivity index (χ0v) is 28.3. The molecule has 1 amide bonds. The topological polar surface area (TPSA) is 136 Å².